The predicted molar refractivity (Wildman–Crippen MR) is 108 cm³/mol. The molecule has 0 aromatic heterocycles. The van der Waals surface area contributed by atoms with E-state index in [-0.39, 0.29) is 16.8 Å². The summed E-state index contributed by atoms with van der Waals surface area (Å²) in [4.78, 5) is 22.8. The number of phenols is 1. The molecule has 4 rings (SSSR count). The number of fused-ring (bicyclic) bond motifs is 2. The van der Waals surface area contributed by atoms with Gasteiger partial charge in [-0.15, -0.1) is 10.2 Å². The van der Waals surface area contributed by atoms with Crippen LogP contribution in [0.4, 0.5) is 11.4 Å². The van der Waals surface area contributed by atoms with Crippen LogP contribution in [0.3, 0.4) is 0 Å². The quantitative estimate of drug-likeness (QED) is 0.399. The second kappa shape index (κ2) is 7.05. The molecule has 0 spiro atoms. The summed E-state index contributed by atoms with van der Waals surface area (Å²) >= 11 is 0. The van der Waals surface area contributed by atoms with Gasteiger partial charge in [-0.1, -0.05) is 42.5 Å². The monoisotopic (exact) mass is 386 g/mol. The van der Waals surface area contributed by atoms with Gasteiger partial charge in [-0.2, -0.15) is 0 Å². The molecule has 29 heavy (non-hydrogen) atoms. The molecule has 0 aliphatic heterocycles. The van der Waals surface area contributed by atoms with E-state index in [0.29, 0.717) is 16.5 Å². The third kappa shape index (κ3) is 3.25. The number of hydrogen-bond donors (Lipinski definition) is 3. The van der Waals surface area contributed by atoms with Crippen molar-refractivity contribution in [3.05, 3.63) is 77.9 Å². The average molecular weight is 386 g/mol. The van der Waals surface area contributed by atoms with E-state index in [0.717, 1.165) is 10.8 Å². The number of nitrogens with zero attached hydrogens (tertiary/aromatic N) is 2. The summed E-state index contributed by atoms with van der Waals surface area (Å²) in [7, 11) is 0. The number of carbonyl (C=O) groups is 2. The molecule has 0 radical (unpaired) electrons. The Morgan fingerprint density at radius 2 is 1.48 bits per heavy atom. The summed E-state index contributed by atoms with van der Waals surface area (Å²) < 4.78 is 0. The van der Waals surface area contributed by atoms with Crippen LogP contribution in [0.2, 0.25) is 0 Å². The number of carboxylic acid groups (broad SMARTS) is 2. The van der Waals surface area contributed by atoms with Crippen LogP contribution < -0.4 is 0 Å². The Morgan fingerprint density at radius 3 is 2.24 bits per heavy atom. The van der Waals surface area contributed by atoms with E-state index in [2.05, 4.69) is 10.2 Å². The highest BCUT2D eigenvalue weighted by molar-refractivity contribution is 6.06. The first-order chi connectivity index (χ1) is 14.0. The number of benzene rings is 4. The number of aromatic hydroxyl groups is 1. The van der Waals surface area contributed by atoms with E-state index in [9.17, 15) is 24.9 Å². The van der Waals surface area contributed by atoms with Gasteiger partial charge in [0.05, 0.1) is 11.3 Å². The molecular weight excluding hydrogens is 372 g/mol. The first-order valence-electron chi connectivity index (χ1n) is 8.61. The molecule has 0 unspecified atom stereocenters. The van der Waals surface area contributed by atoms with Crippen LogP contribution in [-0.2, 0) is 0 Å². The van der Waals surface area contributed by atoms with E-state index in [1.165, 1.54) is 24.3 Å². The van der Waals surface area contributed by atoms with Crippen molar-refractivity contribution in [2.24, 2.45) is 10.2 Å². The lowest BCUT2D eigenvalue weighted by atomic mass is 10.0. The minimum atomic E-state index is -1.35. The number of aromatic carboxylic acids is 2. The Hall–Kier alpha value is -4.26. The molecule has 4 aromatic rings. The van der Waals surface area contributed by atoms with Crippen molar-refractivity contribution in [3.8, 4) is 5.75 Å². The summed E-state index contributed by atoms with van der Waals surface area (Å²) in [5.41, 5.74) is 0.131. The number of hydrogen-bond acceptors (Lipinski definition) is 5. The zero-order valence-corrected chi connectivity index (χ0v) is 14.9. The molecule has 0 atom stereocenters. The maximum Gasteiger partial charge on any atom is 0.339 e. The zero-order chi connectivity index (χ0) is 20.5. The van der Waals surface area contributed by atoms with E-state index in [4.69, 9.17) is 0 Å². The second-order valence-corrected chi connectivity index (χ2v) is 6.37. The zero-order valence-electron chi connectivity index (χ0n) is 14.9. The largest absolute Gasteiger partial charge is 0.505 e. The fourth-order valence-corrected chi connectivity index (χ4v) is 3.17. The molecule has 7 heteroatoms. The highest BCUT2D eigenvalue weighted by atomic mass is 16.4. The van der Waals surface area contributed by atoms with Crippen LogP contribution in [-0.4, -0.2) is 27.3 Å². The minimum Gasteiger partial charge on any atom is -0.505 e. The van der Waals surface area contributed by atoms with Crippen LogP contribution in [0.5, 0.6) is 5.75 Å². The highest BCUT2D eigenvalue weighted by Gasteiger charge is 2.18. The SMILES string of the molecule is O=C(O)c1ccc2c(N=Nc3cccc4ccccc34)c(O)c(C(=O)O)cc2c1. The van der Waals surface area contributed by atoms with E-state index in [1.54, 1.807) is 6.07 Å². The molecule has 3 N–H and O–H groups in total. The van der Waals surface area contributed by atoms with Crippen LogP contribution in [0.1, 0.15) is 20.7 Å². The lowest BCUT2D eigenvalue weighted by Gasteiger charge is -2.09. The molecule has 0 amide bonds. The molecular formula is C22H14N2O5. The van der Waals surface area contributed by atoms with Crippen molar-refractivity contribution in [1.82, 2.24) is 0 Å². The van der Waals surface area contributed by atoms with Crippen molar-refractivity contribution >= 4 is 44.9 Å². The topological polar surface area (TPSA) is 120 Å². The standard InChI is InChI=1S/C22H14N2O5/c25-20-17(22(28)29)11-14-10-13(21(26)27)8-9-16(14)19(20)24-23-18-7-3-5-12-4-1-2-6-15(12)18/h1-11,25H,(H,26,27)(H,28,29). The van der Waals surface area contributed by atoms with E-state index < -0.39 is 17.7 Å². The van der Waals surface area contributed by atoms with Gasteiger partial charge in [0.2, 0.25) is 0 Å². The molecule has 0 aliphatic carbocycles. The van der Waals surface area contributed by atoms with Gasteiger partial charge < -0.3 is 15.3 Å². The van der Waals surface area contributed by atoms with Gasteiger partial charge in [0, 0.05) is 10.8 Å². The Balaban J connectivity index is 1.94. The van der Waals surface area contributed by atoms with Gasteiger partial charge in [0.15, 0.2) is 5.75 Å². The number of carboxylic acids is 2. The maximum atomic E-state index is 11.5. The summed E-state index contributed by atoms with van der Waals surface area (Å²) in [6.45, 7) is 0. The van der Waals surface area contributed by atoms with Crippen molar-refractivity contribution in [2.45, 2.75) is 0 Å². The van der Waals surface area contributed by atoms with Crippen LogP contribution in [0, 0.1) is 0 Å². The van der Waals surface area contributed by atoms with Crippen molar-refractivity contribution < 1.29 is 24.9 Å². The second-order valence-electron chi connectivity index (χ2n) is 6.37. The fraction of sp³-hybridized carbons (Fsp3) is 0. The van der Waals surface area contributed by atoms with Crippen molar-refractivity contribution in [3.63, 3.8) is 0 Å². The smallest absolute Gasteiger partial charge is 0.339 e. The van der Waals surface area contributed by atoms with Crippen LogP contribution in [0.25, 0.3) is 21.5 Å². The molecule has 0 aliphatic rings. The van der Waals surface area contributed by atoms with Crippen molar-refractivity contribution in [1.29, 1.82) is 0 Å². The maximum absolute atomic E-state index is 11.5. The lowest BCUT2D eigenvalue weighted by molar-refractivity contribution is 0.0685. The summed E-state index contributed by atoms with van der Waals surface area (Å²) in [5.74, 6) is -3.03. The molecule has 0 heterocycles. The molecule has 0 bridgehead atoms. The van der Waals surface area contributed by atoms with Gasteiger partial charge in [0.1, 0.15) is 11.3 Å². The first kappa shape index (κ1) is 18.1. The fourth-order valence-electron chi connectivity index (χ4n) is 3.17. The third-order valence-corrected chi connectivity index (χ3v) is 4.59. The molecule has 142 valence electrons. The van der Waals surface area contributed by atoms with Crippen LogP contribution in [0.15, 0.2) is 77.0 Å². The summed E-state index contributed by atoms with van der Waals surface area (Å²) in [6.07, 6.45) is 0. The van der Waals surface area contributed by atoms with Gasteiger partial charge in [-0.3, -0.25) is 0 Å². The average Bonchev–Trinajstić information content (AvgIpc) is 2.72. The lowest BCUT2D eigenvalue weighted by Crippen LogP contribution is -1.99. The molecule has 0 fully saturated rings. The predicted octanol–water partition coefficient (Wildman–Crippen LogP) is 5.51. The van der Waals surface area contributed by atoms with E-state index >= 15 is 0 Å². The van der Waals surface area contributed by atoms with Crippen molar-refractivity contribution in [2.75, 3.05) is 0 Å². The molecule has 7 nitrogen and oxygen atoms in total. The van der Waals surface area contributed by atoms with Crippen LogP contribution >= 0.6 is 0 Å². The Kier molecular flexibility index (Phi) is 4.40. The Bertz CT molecular complexity index is 1320. The summed E-state index contributed by atoms with van der Waals surface area (Å²) in [5, 5.41) is 40.0. The Labute approximate surface area is 164 Å². The first-order valence-corrected chi connectivity index (χ1v) is 8.61. The molecule has 4 aromatic carbocycles. The summed E-state index contributed by atoms with van der Waals surface area (Å²) in [6, 6.07) is 18.5. The number of azo groups is 1. The number of rotatable bonds is 4. The van der Waals surface area contributed by atoms with E-state index in [1.807, 2.05) is 36.4 Å². The van der Waals surface area contributed by atoms with Gasteiger partial charge in [-0.05, 0) is 35.0 Å². The normalized spacial score (nSPS) is 11.3. The van der Waals surface area contributed by atoms with Gasteiger partial charge in [-0.25, -0.2) is 9.59 Å². The van der Waals surface area contributed by atoms with Gasteiger partial charge >= 0.3 is 11.9 Å². The third-order valence-electron chi connectivity index (χ3n) is 4.59. The minimum absolute atomic E-state index is 0.00327. The highest BCUT2D eigenvalue weighted by Crippen LogP contribution is 2.40. The van der Waals surface area contributed by atoms with Gasteiger partial charge in [0.25, 0.3) is 0 Å². The Morgan fingerprint density at radius 1 is 0.724 bits per heavy atom. The molecule has 0 saturated carbocycles. The molecule has 0 saturated heterocycles.